The second-order valence-electron chi connectivity index (χ2n) is 7.26. The summed E-state index contributed by atoms with van der Waals surface area (Å²) in [4.78, 5) is 36.8. The first-order chi connectivity index (χ1) is 15.5. The maximum Gasteiger partial charge on any atom is 0.312 e. The molecule has 3 aromatic heterocycles. The molecule has 0 aliphatic rings. The number of hydrogen-bond donors (Lipinski definition) is 1. The van der Waals surface area contributed by atoms with Gasteiger partial charge in [-0.2, -0.15) is 0 Å². The van der Waals surface area contributed by atoms with Crippen molar-refractivity contribution in [1.29, 1.82) is 0 Å². The number of hydrogen-bond acceptors (Lipinski definition) is 5. The minimum absolute atomic E-state index is 0.138. The minimum atomic E-state index is -0.317. The topological polar surface area (TPSA) is 94.2 Å². The van der Waals surface area contributed by atoms with Crippen LogP contribution in [0.1, 0.15) is 17.0 Å². The van der Waals surface area contributed by atoms with Crippen LogP contribution in [0.25, 0.3) is 10.9 Å². The first kappa shape index (κ1) is 21.5. The number of carbonyl (C=O) groups excluding carboxylic acids is 1. The van der Waals surface area contributed by atoms with Crippen LogP contribution in [0.2, 0.25) is 5.02 Å². The van der Waals surface area contributed by atoms with Crippen LogP contribution in [0.15, 0.2) is 64.8 Å². The minimum Gasteiger partial charge on any atom is -0.365 e. The van der Waals surface area contributed by atoms with Crippen LogP contribution in [-0.2, 0) is 17.6 Å². The van der Waals surface area contributed by atoms with Crippen LogP contribution in [0.5, 0.6) is 0 Å². The summed E-state index contributed by atoms with van der Waals surface area (Å²) < 4.78 is 3.21. The second kappa shape index (κ2) is 9.15. The van der Waals surface area contributed by atoms with Crippen molar-refractivity contribution in [2.24, 2.45) is 4.99 Å². The van der Waals surface area contributed by atoms with E-state index in [1.807, 2.05) is 36.4 Å². The lowest BCUT2D eigenvalue weighted by Gasteiger charge is -2.14. The van der Waals surface area contributed by atoms with Gasteiger partial charge in [-0.15, -0.1) is 0 Å². The maximum absolute atomic E-state index is 13.2. The van der Waals surface area contributed by atoms with Gasteiger partial charge in [0.05, 0.1) is 28.9 Å². The molecule has 0 aliphatic heterocycles. The summed E-state index contributed by atoms with van der Waals surface area (Å²) in [7, 11) is 0. The number of amides is 1. The van der Waals surface area contributed by atoms with Crippen LogP contribution in [0.3, 0.4) is 0 Å². The molecule has 1 amide bonds. The number of nitrogens with one attached hydrogen (secondary N) is 1. The van der Waals surface area contributed by atoms with Gasteiger partial charge in [-0.3, -0.25) is 19.2 Å². The average Bonchev–Trinajstić information content (AvgIpc) is 3.11. The van der Waals surface area contributed by atoms with Crippen molar-refractivity contribution in [2.75, 3.05) is 11.9 Å². The van der Waals surface area contributed by atoms with Gasteiger partial charge in [-0.05, 0) is 43.5 Å². The largest absolute Gasteiger partial charge is 0.365 e. The fourth-order valence-corrected chi connectivity index (χ4v) is 3.74. The lowest BCUT2D eigenvalue weighted by atomic mass is 10.1. The van der Waals surface area contributed by atoms with Crippen molar-refractivity contribution in [2.45, 2.75) is 19.8 Å². The van der Waals surface area contributed by atoms with E-state index in [9.17, 15) is 9.59 Å². The predicted molar refractivity (Wildman–Crippen MR) is 126 cm³/mol. The van der Waals surface area contributed by atoms with Crippen molar-refractivity contribution in [3.63, 3.8) is 0 Å². The SMILES string of the molecule is C=NC(=O)Cc1ccc2c(c1)c(Cl)cn2-n1c(C)cnc(NCCc2ccccn2)c1=O. The molecule has 9 heteroatoms. The standard InChI is InChI=1S/C23H21ClN6O2/c1-15-13-28-22(27-10-8-17-5-3-4-9-26-17)23(32)30(15)29-14-19(24)18-11-16(6-7-20(18)29)12-21(31)25-2/h3-7,9,11,13-14H,2,8,10,12H2,1H3,(H,27,28). The average molecular weight is 449 g/mol. The molecule has 0 bridgehead atoms. The highest BCUT2D eigenvalue weighted by molar-refractivity contribution is 6.35. The summed E-state index contributed by atoms with van der Waals surface area (Å²) in [6, 6.07) is 11.2. The number of carbonyl (C=O) groups is 1. The highest BCUT2D eigenvalue weighted by Gasteiger charge is 2.15. The van der Waals surface area contributed by atoms with Gasteiger partial charge in [0, 0.05) is 36.4 Å². The monoisotopic (exact) mass is 448 g/mol. The Kier molecular flexibility index (Phi) is 6.13. The summed E-state index contributed by atoms with van der Waals surface area (Å²) in [6.45, 7) is 5.58. The molecule has 162 valence electrons. The smallest absolute Gasteiger partial charge is 0.312 e. The first-order valence-corrected chi connectivity index (χ1v) is 10.4. The van der Waals surface area contributed by atoms with Gasteiger partial charge in [0.1, 0.15) is 0 Å². The van der Waals surface area contributed by atoms with Gasteiger partial charge in [0.15, 0.2) is 5.82 Å². The van der Waals surface area contributed by atoms with E-state index in [2.05, 4.69) is 27.0 Å². The molecule has 32 heavy (non-hydrogen) atoms. The molecule has 0 atom stereocenters. The molecule has 1 aromatic carbocycles. The normalized spacial score (nSPS) is 10.9. The van der Waals surface area contributed by atoms with E-state index in [-0.39, 0.29) is 23.7 Å². The molecule has 3 heterocycles. The lowest BCUT2D eigenvalue weighted by Crippen LogP contribution is -2.31. The van der Waals surface area contributed by atoms with Crippen LogP contribution in [-0.4, -0.2) is 38.5 Å². The third-order valence-corrected chi connectivity index (χ3v) is 5.36. The quantitative estimate of drug-likeness (QED) is 0.438. The van der Waals surface area contributed by atoms with Crippen molar-refractivity contribution >= 4 is 40.9 Å². The molecular weight excluding hydrogens is 428 g/mol. The van der Waals surface area contributed by atoms with Crippen LogP contribution in [0, 0.1) is 6.92 Å². The van der Waals surface area contributed by atoms with Gasteiger partial charge in [-0.25, -0.2) is 14.7 Å². The summed E-state index contributed by atoms with van der Waals surface area (Å²) in [5, 5.41) is 4.30. The van der Waals surface area contributed by atoms with Gasteiger partial charge in [0.25, 0.3) is 0 Å². The number of aryl methyl sites for hydroxylation is 1. The molecule has 0 saturated heterocycles. The molecule has 0 spiro atoms. The number of fused-ring (bicyclic) bond motifs is 1. The van der Waals surface area contributed by atoms with E-state index in [1.165, 1.54) is 4.68 Å². The molecule has 0 radical (unpaired) electrons. The molecule has 4 aromatic rings. The third kappa shape index (κ3) is 4.31. The van der Waals surface area contributed by atoms with Crippen LogP contribution < -0.4 is 10.9 Å². The summed E-state index contributed by atoms with van der Waals surface area (Å²) >= 11 is 6.47. The third-order valence-electron chi connectivity index (χ3n) is 5.06. The van der Waals surface area contributed by atoms with Crippen molar-refractivity contribution in [1.82, 2.24) is 19.3 Å². The molecule has 8 nitrogen and oxygen atoms in total. The zero-order valence-corrected chi connectivity index (χ0v) is 18.2. The first-order valence-electron chi connectivity index (χ1n) is 10.00. The Morgan fingerprint density at radius 3 is 2.84 bits per heavy atom. The number of benzene rings is 1. The number of pyridine rings is 1. The summed E-state index contributed by atoms with van der Waals surface area (Å²) in [5.74, 6) is -0.0775. The molecule has 1 N–H and O–H groups in total. The number of rotatable bonds is 7. The Labute approximate surface area is 189 Å². The molecule has 0 unspecified atom stereocenters. The number of halogens is 1. The Bertz CT molecular complexity index is 1360. The Hall–Kier alpha value is -3.78. The Balaban J connectivity index is 1.67. The molecule has 0 fully saturated rings. The fraction of sp³-hybridized carbons (Fsp3) is 0.174. The predicted octanol–water partition coefficient (Wildman–Crippen LogP) is 3.29. The Morgan fingerprint density at radius 2 is 2.09 bits per heavy atom. The lowest BCUT2D eigenvalue weighted by molar-refractivity contribution is -0.117. The van der Waals surface area contributed by atoms with E-state index in [4.69, 9.17) is 11.6 Å². The van der Waals surface area contributed by atoms with E-state index >= 15 is 0 Å². The highest BCUT2D eigenvalue weighted by atomic mass is 35.5. The second-order valence-corrected chi connectivity index (χ2v) is 7.67. The van der Waals surface area contributed by atoms with Gasteiger partial charge in [-0.1, -0.05) is 23.7 Å². The van der Waals surface area contributed by atoms with Gasteiger partial charge >= 0.3 is 5.56 Å². The van der Waals surface area contributed by atoms with E-state index in [0.717, 1.165) is 22.2 Å². The number of anilines is 1. The zero-order valence-electron chi connectivity index (χ0n) is 17.5. The maximum atomic E-state index is 13.2. The number of aromatic nitrogens is 4. The highest BCUT2D eigenvalue weighted by Crippen LogP contribution is 2.27. The molecule has 4 rings (SSSR count). The molecular formula is C23H21ClN6O2. The van der Waals surface area contributed by atoms with E-state index < -0.39 is 0 Å². The number of nitrogens with zero attached hydrogens (tertiary/aromatic N) is 5. The molecule has 0 aliphatic carbocycles. The van der Waals surface area contributed by atoms with E-state index in [1.54, 1.807) is 30.2 Å². The number of aliphatic imine (C=N–C) groups is 1. The van der Waals surface area contributed by atoms with Crippen LogP contribution >= 0.6 is 11.6 Å². The van der Waals surface area contributed by atoms with Crippen LogP contribution in [0.4, 0.5) is 5.82 Å². The van der Waals surface area contributed by atoms with Crippen molar-refractivity contribution in [3.05, 3.63) is 87.3 Å². The summed E-state index contributed by atoms with van der Waals surface area (Å²) in [5.41, 5.74) is 2.78. The van der Waals surface area contributed by atoms with E-state index in [0.29, 0.717) is 23.7 Å². The fourth-order valence-electron chi connectivity index (χ4n) is 3.50. The summed E-state index contributed by atoms with van der Waals surface area (Å²) in [6.07, 6.45) is 5.85. The molecule has 0 saturated carbocycles. The zero-order chi connectivity index (χ0) is 22.7. The van der Waals surface area contributed by atoms with Crippen molar-refractivity contribution < 1.29 is 4.79 Å². The van der Waals surface area contributed by atoms with Crippen molar-refractivity contribution in [3.8, 4) is 0 Å². The van der Waals surface area contributed by atoms with Gasteiger partial charge in [0.2, 0.25) is 5.91 Å². The Morgan fingerprint density at radius 1 is 1.25 bits per heavy atom. The van der Waals surface area contributed by atoms with Gasteiger partial charge < -0.3 is 5.32 Å².